The largest absolute Gasteiger partial charge is 0.388 e. The summed E-state index contributed by atoms with van der Waals surface area (Å²) in [4.78, 5) is 0. The van der Waals surface area contributed by atoms with Crippen LogP contribution in [-0.4, -0.2) is 7.05 Å². The van der Waals surface area contributed by atoms with Gasteiger partial charge < -0.3 is 5.32 Å². The third-order valence-electron chi connectivity index (χ3n) is 5.42. The molecule has 29 heavy (non-hydrogen) atoms. The zero-order valence-corrected chi connectivity index (χ0v) is 18.0. The minimum atomic E-state index is -0.239. The molecule has 1 N–H and O–H groups in total. The summed E-state index contributed by atoms with van der Waals surface area (Å²) in [6.07, 6.45) is 16.0. The van der Waals surface area contributed by atoms with Crippen LogP contribution in [0.3, 0.4) is 0 Å². The Bertz CT molecular complexity index is 971. The molecule has 0 bridgehead atoms. The lowest BCUT2D eigenvalue weighted by Crippen LogP contribution is -2.25. The van der Waals surface area contributed by atoms with Crippen LogP contribution in [0.2, 0.25) is 0 Å². The van der Waals surface area contributed by atoms with Crippen molar-refractivity contribution in [3.8, 4) is 0 Å². The molecule has 0 amide bonds. The topological polar surface area (TPSA) is 12.0 Å². The molecule has 0 heterocycles. The summed E-state index contributed by atoms with van der Waals surface area (Å²) >= 11 is 0. The van der Waals surface area contributed by atoms with Gasteiger partial charge in [0, 0.05) is 18.2 Å². The lowest BCUT2D eigenvalue weighted by atomic mass is 9.70. The lowest BCUT2D eigenvalue weighted by molar-refractivity contribution is 0.531. The van der Waals surface area contributed by atoms with Gasteiger partial charge in [0.25, 0.3) is 0 Å². The molecule has 150 valence electrons. The van der Waals surface area contributed by atoms with Gasteiger partial charge in [-0.15, -0.1) is 6.58 Å². The molecule has 1 atom stereocenters. The minimum Gasteiger partial charge on any atom is -0.388 e. The van der Waals surface area contributed by atoms with Gasteiger partial charge in [0.05, 0.1) is 0 Å². The first-order chi connectivity index (χ1) is 14.0. The van der Waals surface area contributed by atoms with Crippen LogP contribution in [-0.2, 0) is 5.41 Å². The van der Waals surface area contributed by atoms with E-state index < -0.39 is 0 Å². The molecule has 1 nitrogen and oxygen atoms in total. The van der Waals surface area contributed by atoms with Gasteiger partial charge in [-0.2, -0.15) is 0 Å². The van der Waals surface area contributed by atoms with E-state index in [-0.39, 0.29) is 5.41 Å². The Morgan fingerprint density at radius 1 is 1.03 bits per heavy atom. The van der Waals surface area contributed by atoms with Gasteiger partial charge >= 0.3 is 0 Å². The fourth-order valence-electron chi connectivity index (χ4n) is 3.65. The van der Waals surface area contributed by atoms with Crippen LogP contribution in [0.1, 0.15) is 32.3 Å². The van der Waals surface area contributed by atoms with Crippen molar-refractivity contribution in [1.82, 2.24) is 0 Å². The van der Waals surface area contributed by atoms with E-state index in [1.807, 2.05) is 50.4 Å². The van der Waals surface area contributed by atoms with E-state index in [2.05, 4.69) is 74.5 Å². The van der Waals surface area contributed by atoms with Gasteiger partial charge in [-0.3, -0.25) is 0 Å². The van der Waals surface area contributed by atoms with Crippen LogP contribution < -0.4 is 5.32 Å². The molecule has 0 radical (unpaired) electrons. The molecule has 0 aliphatic carbocycles. The Balaban J connectivity index is 2.55. The molecule has 2 rings (SSSR count). The normalized spacial score (nSPS) is 13.9. The number of allylic oxidation sites excluding steroid dienone is 9. The highest BCUT2D eigenvalue weighted by atomic mass is 14.8. The summed E-state index contributed by atoms with van der Waals surface area (Å²) in [5, 5.41) is 5.89. The fourth-order valence-corrected chi connectivity index (χ4v) is 3.65. The van der Waals surface area contributed by atoms with Crippen molar-refractivity contribution in [2.75, 3.05) is 12.4 Å². The zero-order chi connectivity index (χ0) is 21.3. The zero-order valence-electron chi connectivity index (χ0n) is 18.0. The molecule has 0 aromatic heterocycles. The third kappa shape index (κ3) is 5.26. The van der Waals surface area contributed by atoms with Gasteiger partial charge in [-0.1, -0.05) is 92.9 Å². The smallest absolute Gasteiger partial charge is 0.0385 e. The molecule has 0 aliphatic heterocycles. The van der Waals surface area contributed by atoms with E-state index in [1.165, 1.54) is 16.3 Å². The van der Waals surface area contributed by atoms with E-state index >= 15 is 0 Å². The Hall–Kier alpha value is -3.06. The first kappa shape index (κ1) is 22.2. The van der Waals surface area contributed by atoms with Crippen molar-refractivity contribution in [1.29, 1.82) is 0 Å². The first-order valence-corrected chi connectivity index (χ1v) is 10.1. The highest BCUT2D eigenvalue weighted by Gasteiger charge is 2.32. The second-order valence-electron chi connectivity index (χ2n) is 7.44. The Labute approximate surface area is 176 Å². The summed E-state index contributed by atoms with van der Waals surface area (Å²) in [5.41, 5.74) is 4.19. The predicted octanol–water partition coefficient (Wildman–Crippen LogP) is 7.91. The maximum absolute atomic E-state index is 4.48. The van der Waals surface area contributed by atoms with Gasteiger partial charge in [-0.05, 0) is 53.3 Å². The first-order valence-electron chi connectivity index (χ1n) is 10.1. The van der Waals surface area contributed by atoms with E-state index in [9.17, 15) is 0 Å². The molecule has 1 unspecified atom stereocenters. The second-order valence-corrected chi connectivity index (χ2v) is 7.44. The number of nitrogens with one attached hydrogen (secondary N) is 1. The van der Waals surface area contributed by atoms with Crippen LogP contribution in [0.5, 0.6) is 0 Å². The van der Waals surface area contributed by atoms with Gasteiger partial charge in [0.1, 0.15) is 0 Å². The van der Waals surface area contributed by atoms with E-state index in [0.717, 1.165) is 29.7 Å². The SMILES string of the molecule is C=CCCC(C)(C(=C)/C=C/C(=C)/C=C\C=C/C)c1c(NC)ccc2ccccc12. The molecule has 0 aliphatic rings. The standard InChI is InChI=1S/C28H33N/c1-7-9-11-14-22(3)17-18-23(4)28(5,21-10-8-2)27-25-16-13-12-15-24(25)19-20-26(27)29-6/h7-9,11-20,29H,2-4,10,21H2,1,5-6H3/b9-7-,14-11-,18-17+. The number of hydrogen-bond donors (Lipinski definition) is 1. The van der Waals surface area contributed by atoms with Crippen molar-refractivity contribution in [2.45, 2.75) is 32.1 Å². The van der Waals surface area contributed by atoms with Gasteiger partial charge in [0.15, 0.2) is 0 Å². The number of rotatable bonds is 10. The average molecular weight is 384 g/mol. The number of hydrogen-bond acceptors (Lipinski definition) is 1. The number of benzene rings is 2. The molecule has 0 fully saturated rings. The Morgan fingerprint density at radius 2 is 1.79 bits per heavy atom. The summed E-state index contributed by atoms with van der Waals surface area (Å²) < 4.78 is 0. The van der Waals surface area contributed by atoms with Crippen molar-refractivity contribution in [3.63, 3.8) is 0 Å². The molecule has 0 spiro atoms. The van der Waals surface area contributed by atoms with Crippen LogP contribution >= 0.6 is 0 Å². The summed E-state index contributed by atoms with van der Waals surface area (Å²) in [5.74, 6) is 0. The van der Waals surface area contributed by atoms with Crippen LogP contribution in [0.4, 0.5) is 5.69 Å². The summed E-state index contributed by atoms with van der Waals surface area (Å²) in [6, 6.07) is 12.9. The Morgan fingerprint density at radius 3 is 2.48 bits per heavy atom. The average Bonchev–Trinajstić information content (AvgIpc) is 2.75. The van der Waals surface area contributed by atoms with Gasteiger partial charge in [-0.25, -0.2) is 0 Å². The molecule has 0 saturated heterocycles. The van der Waals surface area contributed by atoms with Crippen LogP contribution in [0.25, 0.3) is 10.8 Å². The van der Waals surface area contributed by atoms with Crippen LogP contribution in [0, 0.1) is 0 Å². The molecule has 2 aromatic carbocycles. The molecule has 2 aromatic rings. The van der Waals surface area contributed by atoms with Crippen LogP contribution in [0.15, 0.2) is 110 Å². The second kappa shape index (κ2) is 10.5. The summed E-state index contributed by atoms with van der Waals surface area (Å²) in [7, 11) is 1.98. The quantitative estimate of drug-likeness (QED) is 0.325. The maximum atomic E-state index is 4.48. The molecule has 1 heteroatoms. The predicted molar refractivity (Wildman–Crippen MR) is 132 cm³/mol. The highest BCUT2D eigenvalue weighted by Crippen LogP contribution is 2.44. The maximum Gasteiger partial charge on any atom is 0.0385 e. The molecular weight excluding hydrogens is 350 g/mol. The van der Waals surface area contributed by atoms with Crippen molar-refractivity contribution >= 4 is 16.5 Å². The van der Waals surface area contributed by atoms with Crippen molar-refractivity contribution in [3.05, 3.63) is 115 Å². The monoisotopic (exact) mass is 383 g/mol. The fraction of sp³-hybridized carbons (Fsp3) is 0.214. The van der Waals surface area contributed by atoms with E-state index in [1.54, 1.807) is 0 Å². The highest BCUT2D eigenvalue weighted by molar-refractivity contribution is 5.92. The van der Waals surface area contributed by atoms with E-state index in [0.29, 0.717) is 0 Å². The Kier molecular flexibility index (Phi) is 8.03. The van der Waals surface area contributed by atoms with Crippen molar-refractivity contribution < 1.29 is 0 Å². The molecular formula is C28H33N. The van der Waals surface area contributed by atoms with E-state index in [4.69, 9.17) is 0 Å². The van der Waals surface area contributed by atoms with Gasteiger partial charge in [0.2, 0.25) is 0 Å². The number of anilines is 1. The number of fused-ring (bicyclic) bond motifs is 1. The third-order valence-corrected chi connectivity index (χ3v) is 5.42. The minimum absolute atomic E-state index is 0.239. The van der Waals surface area contributed by atoms with Crippen molar-refractivity contribution in [2.24, 2.45) is 0 Å². The summed E-state index contributed by atoms with van der Waals surface area (Å²) in [6.45, 7) is 16.8. The lowest BCUT2D eigenvalue weighted by Gasteiger charge is -2.34. The molecule has 0 saturated carbocycles.